The second kappa shape index (κ2) is 2.65. The quantitative estimate of drug-likeness (QED) is 0.606. The molecule has 2 rings (SSSR count). The average Bonchev–Trinajstić information content (AvgIpc) is 2.06. The standard InChI is InChI=1S/C9H7FN2O/c1-6-4-9(13)12-5-7(10)2-3-8(12)11-6/h2-5H,1H3. The number of hydrogen-bond donors (Lipinski definition) is 0. The van der Waals surface area contributed by atoms with Crippen LogP contribution in [0.1, 0.15) is 5.69 Å². The summed E-state index contributed by atoms with van der Waals surface area (Å²) in [7, 11) is 0. The van der Waals surface area contributed by atoms with Crippen molar-refractivity contribution >= 4 is 5.65 Å². The topological polar surface area (TPSA) is 34.4 Å². The molecule has 66 valence electrons. The van der Waals surface area contributed by atoms with E-state index in [0.717, 1.165) is 6.20 Å². The summed E-state index contributed by atoms with van der Waals surface area (Å²) in [5.41, 5.74) is 0.838. The third-order valence-corrected chi connectivity index (χ3v) is 1.75. The third kappa shape index (κ3) is 1.30. The van der Waals surface area contributed by atoms with Gasteiger partial charge in [-0.05, 0) is 19.1 Å². The molecule has 0 N–H and O–H groups in total. The number of hydrogen-bond acceptors (Lipinski definition) is 2. The van der Waals surface area contributed by atoms with Gasteiger partial charge in [-0.25, -0.2) is 9.37 Å². The van der Waals surface area contributed by atoms with Gasteiger partial charge in [0.05, 0.1) is 0 Å². The molecule has 3 nitrogen and oxygen atoms in total. The molecule has 0 unspecified atom stereocenters. The van der Waals surface area contributed by atoms with Crippen molar-refractivity contribution in [3.63, 3.8) is 0 Å². The lowest BCUT2D eigenvalue weighted by Gasteiger charge is -1.99. The van der Waals surface area contributed by atoms with Crippen LogP contribution in [0.4, 0.5) is 4.39 Å². The summed E-state index contributed by atoms with van der Waals surface area (Å²) >= 11 is 0. The van der Waals surface area contributed by atoms with Gasteiger partial charge in [0.15, 0.2) is 0 Å². The molecule has 0 aliphatic heterocycles. The summed E-state index contributed by atoms with van der Waals surface area (Å²) in [4.78, 5) is 15.4. The summed E-state index contributed by atoms with van der Waals surface area (Å²) < 4.78 is 13.9. The second-order valence-corrected chi connectivity index (χ2v) is 2.81. The van der Waals surface area contributed by atoms with Crippen LogP contribution in [-0.4, -0.2) is 9.38 Å². The van der Waals surface area contributed by atoms with Crippen molar-refractivity contribution in [2.75, 3.05) is 0 Å². The maximum absolute atomic E-state index is 12.7. The normalized spacial score (nSPS) is 10.6. The SMILES string of the molecule is Cc1cc(=O)n2cc(F)ccc2n1. The molecule has 2 aromatic heterocycles. The van der Waals surface area contributed by atoms with Crippen LogP contribution in [0, 0.1) is 12.7 Å². The summed E-state index contributed by atoms with van der Waals surface area (Å²) in [6, 6.07) is 4.12. The first-order chi connectivity index (χ1) is 6.16. The molecular formula is C9H7FN2O. The molecule has 4 heteroatoms. The molecular weight excluding hydrogens is 171 g/mol. The van der Waals surface area contributed by atoms with Crippen molar-refractivity contribution in [2.24, 2.45) is 0 Å². The highest BCUT2D eigenvalue weighted by molar-refractivity contribution is 5.38. The molecule has 0 radical (unpaired) electrons. The zero-order chi connectivity index (χ0) is 9.42. The van der Waals surface area contributed by atoms with Gasteiger partial charge >= 0.3 is 0 Å². The van der Waals surface area contributed by atoms with Crippen LogP contribution < -0.4 is 5.56 Å². The fraction of sp³-hybridized carbons (Fsp3) is 0.111. The lowest BCUT2D eigenvalue weighted by Crippen LogP contribution is -2.14. The Morgan fingerprint density at radius 2 is 2.23 bits per heavy atom. The maximum atomic E-state index is 12.7. The van der Waals surface area contributed by atoms with E-state index < -0.39 is 5.82 Å². The van der Waals surface area contributed by atoms with Gasteiger partial charge in [-0.3, -0.25) is 9.20 Å². The zero-order valence-electron chi connectivity index (χ0n) is 6.99. The molecule has 0 fully saturated rings. The largest absolute Gasteiger partial charge is 0.269 e. The second-order valence-electron chi connectivity index (χ2n) is 2.81. The number of halogens is 1. The lowest BCUT2D eigenvalue weighted by atomic mass is 10.4. The van der Waals surface area contributed by atoms with Crippen LogP contribution in [0.2, 0.25) is 0 Å². The van der Waals surface area contributed by atoms with Gasteiger partial charge in [-0.1, -0.05) is 0 Å². The van der Waals surface area contributed by atoms with E-state index in [-0.39, 0.29) is 5.56 Å². The minimum atomic E-state index is -0.444. The van der Waals surface area contributed by atoms with Crippen molar-refractivity contribution in [2.45, 2.75) is 6.92 Å². The van der Waals surface area contributed by atoms with Crippen molar-refractivity contribution < 1.29 is 4.39 Å². The molecule has 0 bridgehead atoms. The summed E-state index contributed by atoms with van der Waals surface area (Å²) in [6.45, 7) is 1.73. The van der Waals surface area contributed by atoms with Crippen LogP contribution in [0.25, 0.3) is 5.65 Å². The molecule has 0 spiro atoms. The molecule has 0 aromatic carbocycles. The van der Waals surface area contributed by atoms with Gasteiger partial charge in [0, 0.05) is 18.0 Å². The van der Waals surface area contributed by atoms with Crippen LogP contribution in [-0.2, 0) is 0 Å². The molecule has 13 heavy (non-hydrogen) atoms. The Hall–Kier alpha value is -1.71. The predicted octanol–water partition coefficient (Wildman–Crippen LogP) is 1.14. The van der Waals surface area contributed by atoms with E-state index in [1.165, 1.54) is 22.6 Å². The van der Waals surface area contributed by atoms with Crippen molar-refractivity contribution in [1.29, 1.82) is 0 Å². The Kier molecular flexibility index (Phi) is 1.62. The van der Waals surface area contributed by atoms with E-state index in [1.54, 1.807) is 6.92 Å². The smallest absolute Gasteiger partial charge is 0.258 e. The van der Waals surface area contributed by atoms with Gasteiger partial charge < -0.3 is 0 Å². The summed E-state index contributed by atoms with van der Waals surface area (Å²) in [6.07, 6.45) is 1.13. The third-order valence-electron chi connectivity index (χ3n) is 1.75. The minimum Gasteiger partial charge on any atom is -0.269 e. The van der Waals surface area contributed by atoms with E-state index in [4.69, 9.17) is 0 Å². The molecule has 0 atom stereocenters. The first-order valence-electron chi connectivity index (χ1n) is 3.82. The van der Waals surface area contributed by atoms with E-state index in [1.807, 2.05) is 0 Å². The first-order valence-corrected chi connectivity index (χ1v) is 3.82. The fourth-order valence-corrected chi connectivity index (χ4v) is 1.20. The monoisotopic (exact) mass is 178 g/mol. The molecule has 0 aliphatic carbocycles. The Morgan fingerprint density at radius 1 is 1.46 bits per heavy atom. The van der Waals surface area contributed by atoms with Crippen molar-refractivity contribution in [3.05, 3.63) is 46.3 Å². The van der Waals surface area contributed by atoms with Crippen LogP contribution in [0.5, 0.6) is 0 Å². The molecule has 2 aromatic rings. The molecule has 0 aliphatic rings. The Balaban J connectivity index is 2.95. The zero-order valence-corrected chi connectivity index (χ0v) is 6.99. The number of fused-ring (bicyclic) bond motifs is 1. The van der Waals surface area contributed by atoms with Crippen LogP contribution >= 0.6 is 0 Å². The van der Waals surface area contributed by atoms with Gasteiger partial charge in [0.1, 0.15) is 11.5 Å². The number of nitrogens with zero attached hydrogens (tertiary/aromatic N) is 2. The van der Waals surface area contributed by atoms with Gasteiger partial charge in [0.2, 0.25) is 0 Å². The molecule has 0 amide bonds. The Bertz CT molecular complexity index is 518. The number of pyridine rings is 1. The predicted molar refractivity (Wildman–Crippen MR) is 46.2 cm³/mol. The Morgan fingerprint density at radius 3 is 3.00 bits per heavy atom. The highest BCUT2D eigenvalue weighted by Crippen LogP contribution is 2.00. The highest BCUT2D eigenvalue weighted by Gasteiger charge is 1.99. The number of aromatic nitrogens is 2. The minimum absolute atomic E-state index is 0.262. The summed E-state index contributed by atoms with van der Waals surface area (Å²) in [5.74, 6) is -0.444. The lowest BCUT2D eigenvalue weighted by molar-refractivity contribution is 0.617. The van der Waals surface area contributed by atoms with Crippen LogP contribution in [0.3, 0.4) is 0 Å². The molecule has 0 saturated carbocycles. The number of rotatable bonds is 0. The van der Waals surface area contributed by atoms with Crippen molar-refractivity contribution in [3.8, 4) is 0 Å². The molecule has 0 saturated heterocycles. The van der Waals surface area contributed by atoms with Crippen molar-refractivity contribution in [1.82, 2.24) is 9.38 Å². The van der Waals surface area contributed by atoms with E-state index in [2.05, 4.69) is 4.98 Å². The first kappa shape index (κ1) is 7.91. The van der Waals surface area contributed by atoms with Gasteiger partial charge in [-0.2, -0.15) is 0 Å². The molecule has 2 heterocycles. The fourth-order valence-electron chi connectivity index (χ4n) is 1.20. The van der Waals surface area contributed by atoms with Gasteiger partial charge in [-0.15, -0.1) is 0 Å². The Labute approximate surface area is 73.5 Å². The van der Waals surface area contributed by atoms with Crippen LogP contribution in [0.15, 0.2) is 29.2 Å². The maximum Gasteiger partial charge on any atom is 0.258 e. The highest BCUT2D eigenvalue weighted by atomic mass is 19.1. The summed E-state index contributed by atoms with van der Waals surface area (Å²) in [5, 5.41) is 0. The van der Waals surface area contributed by atoms with E-state index in [0.29, 0.717) is 11.3 Å². The average molecular weight is 178 g/mol. The number of aryl methyl sites for hydroxylation is 1. The van der Waals surface area contributed by atoms with E-state index in [9.17, 15) is 9.18 Å². The van der Waals surface area contributed by atoms with Gasteiger partial charge in [0.25, 0.3) is 5.56 Å². The van der Waals surface area contributed by atoms with E-state index >= 15 is 0 Å².